The minimum Gasteiger partial charge on any atom is -0.448 e. The third-order valence-electron chi connectivity index (χ3n) is 4.23. The van der Waals surface area contributed by atoms with Gasteiger partial charge in [0.15, 0.2) is 16.5 Å². The van der Waals surface area contributed by atoms with E-state index >= 15 is 0 Å². The van der Waals surface area contributed by atoms with Crippen molar-refractivity contribution in [2.75, 3.05) is 0 Å². The number of rotatable bonds is 4. The number of furan rings is 1. The van der Waals surface area contributed by atoms with E-state index in [4.69, 9.17) is 16.0 Å². The molecule has 0 aliphatic carbocycles. The fourth-order valence-corrected chi connectivity index (χ4v) is 4.01. The van der Waals surface area contributed by atoms with Gasteiger partial charge in [-0.25, -0.2) is 9.97 Å². The van der Waals surface area contributed by atoms with Crippen molar-refractivity contribution in [1.29, 1.82) is 0 Å². The average molecular weight is 409 g/mol. The zero-order valence-electron chi connectivity index (χ0n) is 14.4. The summed E-state index contributed by atoms with van der Waals surface area (Å²) in [4.78, 5) is 21.4. The molecule has 0 spiro atoms. The Balaban J connectivity index is 1.31. The van der Waals surface area contributed by atoms with E-state index in [1.807, 2.05) is 40.9 Å². The number of hydrogen-bond acceptors (Lipinski definition) is 5. The zero-order valence-corrected chi connectivity index (χ0v) is 16.0. The molecular weight excluding hydrogens is 396 g/mol. The van der Waals surface area contributed by atoms with E-state index in [1.165, 1.54) is 11.3 Å². The van der Waals surface area contributed by atoms with E-state index in [-0.39, 0.29) is 18.2 Å². The molecule has 8 heteroatoms. The molecule has 0 atom stereocenters. The molecule has 6 nitrogen and oxygen atoms in total. The number of para-hydroxylation sites is 1. The summed E-state index contributed by atoms with van der Waals surface area (Å²) in [7, 11) is 0. The highest BCUT2D eigenvalue weighted by atomic mass is 35.5. The fraction of sp³-hybridized carbons (Fsp3) is 0.0500. The summed E-state index contributed by atoms with van der Waals surface area (Å²) >= 11 is 7.51. The number of hydrogen-bond donors (Lipinski definition) is 1. The highest BCUT2D eigenvalue weighted by Crippen LogP contribution is 2.31. The largest absolute Gasteiger partial charge is 0.448 e. The van der Waals surface area contributed by atoms with Gasteiger partial charge in [-0.1, -0.05) is 23.7 Å². The first-order valence-electron chi connectivity index (χ1n) is 8.53. The predicted molar refractivity (Wildman–Crippen MR) is 109 cm³/mol. The number of pyridine rings is 1. The molecule has 28 heavy (non-hydrogen) atoms. The van der Waals surface area contributed by atoms with Crippen LogP contribution in [0.3, 0.4) is 0 Å². The van der Waals surface area contributed by atoms with Gasteiger partial charge in [0.1, 0.15) is 5.65 Å². The van der Waals surface area contributed by atoms with Crippen LogP contribution in [0.4, 0.5) is 0 Å². The maximum absolute atomic E-state index is 12.4. The number of imidazole rings is 1. The van der Waals surface area contributed by atoms with Gasteiger partial charge in [0.25, 0.3) is 5.91 Å². The lowest BCUT2D eigenvalue weighted by Gasteiger charge is -1.99. The van der Waals surface area contributed by atoms with Gasteiger partial charge in [0.05, 0.1) is 27.5 Å². The molecular formula is C20H13ClN4O2S. The van der Waals surface area contributed by atoms with Gasteiger partial charge < -0.3 is 14.1 Å². The monoisotopic (exact) mass is 408 g/mol. The second-order valence-electron chi connectivity index (χ2n) is 6.18. The molecule has 1 aromatic carbocycles. The Hall–Kier alpha value is -3.16. The van der Waals surface area contributed by atoms with Crippen molar-refractivity contribution in [2.45, 2.75) is 6.54 Å². The van der Waals surface area contributed by atoms with Crippen LogP contribution in [0.5, 0.6) is 0 Å². The summed E-state index contributed by atoms with van der Waals surface area (Å²) in [6, 6.07) is 14.9. The smallest absolute Gasteiger partial charge is 0.287 e. The highest BCUT2D eigenvalue weighted by Gasteiger charge is 2.15. The van der Waals surface area contributed by atoms with E-state index in [9.17, 15) is 4.79 Å². The normalized spacial score (nSPS) is 11.3. The Kier molecular flexibility index (Phi) is 4.11. The topological polar surface area (TPSA) is 72.4 Å². The maximum Gasteiger partial charge on any atom is 0.287 e. The summed E-state index contributed by atoms with van der Waals surface area (Å²) < 4.78 is 8.61. The van der Waals surface area contributed by atoms with Crippen LogP contribution in [0, 0.1) is 0 Å². The van der Waals surface area contributed by atoms with Crippen molar-refractivity contribution in [2.24, 2.45) is 0 Å². The zero-order chi connectivity index (χ0) is 19.1. The van der Waals surface area contributed by atoms with Crippen molar-refractivity contribution in [1.82, 2.24) is 19.7 Å². The number of benzene rings is 1. The average Bonchev–Trinajstić information content (AvgIpc) is 3.42. The molecule has 0 saturated carbocycles. The van der Waals surface area contributed by atoms with Crippen LogP contribution in [-0.2, 0) is 6.54 Å². The standard InChI is InChI=1S/C20H13ClN4O2S/c21-12-5-8-18-23-13(11-25(18)10-12)9-22-19(26)15-6-7-16(27-15)20-24-14-3-1-2-4-17(14)28-20/h1-8,10-11H,9H2,(H,22,26). The molecule has 5 aromatic rings. The molecule has 4 aromatic heterocycles. The molecule has 1 N–H and O–H groups in total. The van der Waals surface area contributed by atoms with Crippen molar-refractivity contribution in [3.8, 4) is 10.8 Å². The Morgan fingerprint density at radius 2 is 2.00 bits per heavy atom. The Morgan fingerprint density at radius 1 is 1.11 bits per heavy atom. The van der Waals surface area contributed by atoms with Crippen molar-refractivity contribution in [3.05, 3.63) is 77.4 Å². The maximum atomic E-state index is 12.4. The number of aromatic nitrogens is 3. The first kappa shape index (κ1) is 17.0. The molecule has 1 amide bonds. The second-order valence-corrected chi connectivity index (χ2v) is 7.65. The first-order chi connectivity index (χ1) is 13.7. The lowest BCUT2D eigenvalue weighted by atomic mass is 10.3. The Morgan fingerprint density at radius 3 is 2.89 bits per heavy atom. The minimum atomic E-state index is -0.303. The molecule has 0 aliphatic rings. The number of halogens is 1. The van der Waals surface area contributed by atoms with E-state index < -0.39 is 0 Å². The number of fused-ring (bicyclic) bond motifs is 2. The van der Waals surface area contributed by atoms with Crippen LogP contribution in [-0.4, -0.2) is 20.3 Å². The summed E-state index contributed by atoms with van der Waals surface area (Å²) in [5, 5.41) is 4.19. The summed E-state index contributed by atoms with van der Waals surface area (Å²) in [5.74, 6) is 0.511. The lowest BCUT2D eigenvalue weighted by Crippen LogP contribution is -2.22. The molecule has 138 valence electrons. The fourth-order valence-electron chi connectivity index (χ4n) is 2.91. The SMILES string of the molecule is O=C(NCc1cn2cc(Cl)ccc2n1)c1ccc(-c2nc3ccccc3s2)o1. The van der Waals surface area contributed by atoms with E-state index in [2.05, 4.69) is 15.3 Å². The number of thiazole rings is 1. The highest BCUT2D eigenvalue weighted by molar-refractivity contribution is 7.21. The third-order valence-corrected chi connectivity index (χ3v) is 5.50. The number of nitrogens with one attached hydrogen (secondary N) is 1. The summed E-state index contributed by atoms with van der Waals surface area (Å²) in [5.41, 5.74) is 2.41. The van der Waals surface area contributed by atoms with Crippen LogP contribution < -0.4 is 5.32 Å². The second kappa shape index (κ2) is 6.78. The summed E-state index contributed by atoms with van der Waals surface area (Å²) in [6.07, 6.45) is 3.60. The number of nitrogens with zero attached hydrogens (tertiary/aromatic N) is 3. The van der Waals surface area contributed by atoms with Crippen LogP contribution in [0.15, 0.2) is 65.3 Å². The molecule has 0 saturated heterocycles. The molecule has 0 radical (unpaired) electrons. The van der Waals surface area contributed by atoms with Gasteiger partial charge in [0, 0.05) is 12.4 Å². The molecule has 0 unspecified atom stereocenters. The Labute approximate surface area is 168 Å². The van der Waals surface area contributed by atoms with Crippen LogP contribution >= 0.6 is 22.9 Å². The van der Waals surface area contributed by atoms with Gasteiger partial charge in [-0.2, -0.15) is 0 Å². The van der Waals surface area contributed by atoms with Gasteiger partial charge in [0.2, 0.25) is 0 Å². The van der Waals surface area contributed by atoms with Gasteiger partial charge >= 0.3 is 0 Å². The van der Waals surface area contributed by atoms with Gasteiger partial charge in [-0.3, -0.25) is 4.79 Å². The van der Waals surface area contributed by atoms with Crippen molar-refractivity contribution < 1.29 is 9.21 Å². The summed E-state index contributed by atoms with van der Waals surface area (Å²) in [6.45, 7) is 0.287. The lowest BCUT2D eigenvalue weighted by molar-refractivity contribution is 0.0923. The van der Waals surface area contributed by atoms with Crippen molar-refractivity contribution in [3.63, 3.8) is 0 Å². The molecule has 5 rings (SSSR count). The van der Waals surface area contributed by atoms with Crippen LogP contribution in [0.2, 0.25) is 5.02 Å². The van der Waals surface area contributed by atoms with Gasteiger partial charge in [-0.15, -0.1) is 11.3 Å². The third kappa shape index (κ3) is 3.15. The van der Waals surface area contributed by atoms with E-state index in [0.717, 1.165) is 26.6 Å². The van der Waals surface area contributed by atoms with Crippen molar-refractivity contribution >= 4 is 44.7 Å². The quantitative estimate of drug-likeness (QED) is 0.464. The minimum absolute atomic E-state index is 0.237. The Bertz CT molecular complexity index is 1290. The van der Waals surface area contributed by atoms with Gasteiger partial charge in [-0.05, 0) is 36.4 Å². The molecule has 0 bridgehead atoms. The number of carbonyl (C=O) groups excluding carboxylic acids is 1. The number of amides is 1. The first-order valence-corrected chi connectivity index (χ1v) is 9.72. The molecule has 0 aliphatic heterocycles. The van der Waals surface area contributed by atoms with E-state index in [0.29, 0.717) is 10.8 Å². The van der Waals surface area contributed by atoms with E-state index in [1.54, 1.807) is 24.4 Å². The number of carbonyl (C=O) groups is 1. The predicted octanol–water partition coefficient (Wildman–Crippen LogP) is 4.79. The molecule has 0 fully saturated rings. The van der Waals surface area contributed by atoms with Crippen LogP contribution in [0.1, 0.15) is 16.2 Å². The molecule has 4 heterocycles. The van der Waals surface area contributed by atoms with Crippen LogP contribution in [0.25, 0.3) is 26.6 Å².